The highest BCUT2D eigenvalue weighted by molar-refractivity contribution is 6.30. The summed E-state index contributed by atoms with van der Waals surface area (Å²) in [7, 11) is 1.33. The van der Waals surface area contributed by atoms with Gasteiger partial charge in [0.2, 0.25) is 0 Å². The molecule has 4 aromatic rings. The lowest BCUT2D eigenvalue weighted by atomic mass is 10.1. The van der Waals surface area contributed by atoms with Gasteiger partial charge in [0.1, 0.15) is 5.82 Å². The summed E-state index contributed by atoms with van der Waals surface area (Å²) >= 11 is 5.98. The van der Waals surface area contributed by atoms with E-state index in [2.05, 4.69) is 20.5 Å². The van der Waals surface area contributed by atoms with E-state index in [-0.39, 0.29) is 5.56 Å². The molecule has 2 heterocycles. The lowest BCUT2D eigenvalue weighted by Crippen LogP contribution is -2.01. The number of esters is 1. The number of pyridine rings is 1. The minimum absolute atomic E-state index is 0.260. The van der Waals surface area contributed by atoms with Gasteiger partial charge in [-0.3, -0.25) is 4.98 Å². The van der Waals surface area contributed by atoms with E-state index in [1.54, 1.807) is 36.5 Å². The lowest BCUT2D eigenvalue weighted by molar-refractivity contribution is 0.0601. The van der Waals surface area contributed by atoms with Gasteiger partial charge in [-0.2, -0.15) is 10.2 Å². The smallest absolute Gasteiger partial charge is 0.337 e. The second kappa shape index (κ2) is 7.81. The quantitative estimate of drug-likeness (QED) is 0.478. The van der Waals surface area contributed by atoms with Crippen molar-refractivity contribution in [1.82, 2.24) is 15.2 Å². The normalized spacial score (nSPS) is 10.7. The van der Waals surface area contributed by atoms with Crippen molar-refractivity contribution in [2.45, 2.75) is 0 Å². The van der Waals surface area contributed by atoms with Gasteiger partial charge in [-0.25, -0.2) is 9.18 Å². The predicted molar refractivity (Wildman–Crippen MR) is 109 cm³/mol. The summed E-state index contributed by atoms with van der Waals surface area (Å²) in [6, 6.07) is 12.8. The van der Waals surface area contributed by atoms with Crippen molar-refractivity contribution in [1.29, 1.82) is 0 Å². The minimum atomic E-state index is -0.439. The molecule has 0 fully saturated rings. The molecule has 0 unspecified atom stereocenters. The van der Waals surface area contributed by atoms with E-state index in [9.17, 15) is 9.18 Å². The number of halogens is 2. The number of nitrogens with zero attached hydrogens (tertiary/aromatic N) is 3. The van der Waals surface area contributed by atoms with Crippen molar-refractivity contribution < 1.29 is 13.9 Å². The Labute approximate surface area is 170 Å². The van der Waals surface area contributed by atoms with E-state index in [1.165, 1.54) is 31.5 Å². The van der Waals surface area contributed by atoms with Crippen LogP contribution in [0.25, 0.3) is 22.2 Å². The van der Waals surface area contributed by atoms with E-state index in [0.29, 0.717) is 27.5 Å². The fourth-order valence-electron chi connectivity index (χ4n) is 2.92. The Balaban J connectivity index is 1.70. The molecule has 2 aromatic carbocycles. The first-order valence-electron chi connectivity index (χ1n) is 8.57. The summed E-state index contributed by atoms with van der Waals surface area (Å²) < 4.78 is 18.9. The van der Waals surface area contributed by atoms with Gasteiger partial charge < -0.3 is 10.1 Å². The van der Waals surface area contributed by atoms with Crippen LogP contribution in [0.5, 0.6) is 0 Å². The first kappa shape index (κ1) is 18.8. The van der Waals surface area contributed by atoms with Gasteiger partial charge in [-0.05, 0) is 48.5 Å². The van der Waals surface area contributed by atoms with Gasteiger partial charge in [0.15, 0.2) is 0 Å². The third-order valence-corrected chi connectivity index (χ3v) is 4.54. The van der Waals surface area contributed by atoms with E-state index < -0.39 is 11.8 Å². The minimum Gasteiger partial charge on any atom is -0.465 e. The van der Waals surface area contributed by atoms with Crippen LogP contribution in [0.1, 0.15) is 10.4 Å². The van der Waals surface area contributed by atoms with Crippen LogP contribution in [0, 0.1) is 5.82 Å². The van der Waals surface area contributed by atoms with E-state index >= 15 is 0 Å². The number of carbonyl (C=O) groups is 1. The molecule has 0 aliphatic heterocycles. The van der Waals surface area contributed by atoms with Gasteiger partial charge in [-0.15, -0.1) is 0 Å². The second-order valence-electron chi connectivity index (χ2n) is 6.16. The number of anilines is 2. The Morgan fingerprint density at radius 3 is 2.83 bits per heavy atom. The van der Waals surface area contributed by atoms with Gasteiger partial charge in [0, 0.05) is 27.9 Å². The summed E-state index contributed by atoms with van der Waals surface area (Å²) in [6.07, 6.45) is 3.15. The van der Waals surface area contributed by atoms with Gasteiger partial charge in [0.05, 0.1) is 35.8 Å². The molecular formula is C21H14ClFN4O2. The highest BCUT2D eigenvalue weighted by atomic mass is 35.5. The number of hydrogen-bond donors (Lipinski definition) is 1. The molecule has 0 radical (unpaired) electrons. The monoisotopic (exact) mass is 408 g/mol. The van der Waals surface area contributed by atoms with Crippen LogP contribution >= 0.6 is 11.6 Å². The molecule has 0 saturated carbocycles. The fraction of sp³-hybridized carbons (Fsp3) is 0.0476. The Bertz CT molecular complexity index is 1230. The van der Waals surface area contributed by atoms with Crippen LogP contribution in [0.2, 0.25) is 5.02 Å². The number of fused-ring (bicyclic) bond motifs is 1. The number of ether oxygens (including phenoxy) is 1. The molecule has 0 amide bonds. The highest BCUT2D eigenvalue weighted by Gasteiger charge is 2.11. The number of nitrogens with one attached hydrogen (secondary N) is 1. The highest BCUT2D eigenvalue weighted by Crippen LogP contribution is 2.29. The fourth-order valence-corrected chi connectivity index (χ4v) is 3.09. The number of rotatable bonds is 4. The summed E-state index contributed by atoms with van der Waals surface area (Å²) in [5, 5.41) is 12.4. The first-order valence-corrected chi connectivity index (χ1v) is 8.95. The Morgan fingerprint density at radius 1 is 1.14 bits per heavy atom. The molecule has 144 valence electrons. The number of methoxy groups -OCH3 is 1. The molecule has 0 bridgehead atoms. The summed E-state index contributed by atoms with van der Waals surface area (Å²) in [5.74, 6) is -0.871. The van der Waals surface area contributed by atoms with Crippen molar-refractivity contribution in [3.8, 4) is 11.3 Å². The largest absolute Gasteiger partial charge is 0.465 e. The number of carbonyl (C=O) groups excluding carboxylic acids is 1. The third-order valence-electron chi connectivity index (χ3n) is 4.30. The van der Waals surface area contributed by atoms with Crippen molar-refractivity contribution in [2.24, 2.45) is 0 Å². The lowest BCUT2D eigenvalue weighted by Gasteiger charge is -2.11. The molecule has 2 aromatic heterocycles. The topological polar surface area (TPSA) is 77.0 Å². The van der Waals surface area contributed by atoms with Crippen molar-refractivity contribution in [3.63, 3.8) is 0 Å². The van der Waals surface area contributed by atoms with Crippen molar-refractivity contribution in [2.75, 3.05) is 12.4 Å². The average Bonchev–Trinajstić information content (AvgIpc) is 2.75. The Hall–Kier alpha value is -3.58. The van der Waals surface area contributed by atoms with Gasteiger partial charge in [-0.1, -0.05) is 11.6 Å². The Kier molecular flexibility index (Phi) is 5.05. The molecular weight excluding hydrogens is 395 g/mol. The molecule has 0 aliphatic carbocycles. The van der Waals surface area contributed by atoms with Gasteiger partial charge >= 0.3 is 5.97 Å². The molecule has 1 N–H and O–H groups in total. The van der Waals surface area contributed by atoms with Crippen LogP contribution in [0.3, 0.4) is 0 Å². The van der Waals surface area contributed by atoms with Crippen LogP contribution in [-0.2, 0) is 4.74 Å². The van der Waals surface area contributed by atoms with Crippen molar-refractivity contribution >= 4 is 39.8 Å². The van der Waals surface area contributed by atoms with Crippen LogP contribution < -0.4 is 5.32 Å². The second-order valence-corrected chi connectivity index (χ2v) is 6.60. The zero-order valence-electron chi connectivity index (χ0n) is 15.2. The van der Waals surface area contributed by atoms with E-state index in [1.807, 2.05) is 0 Å². The molecule has 8 heteroatoms. The standard InChI is InChI=1S/C21H14ClFN4O2/c1-29-21(28)12-2-4-15-18(6-7-24-19(15)8-12)26-14-10-20(27-25-11-14)16-9-13(22)3-5-17(16)23/h2-11H,1H3,(H,24,26,27). The van der Waals surface area contributed by atoms with E-state index in [4.69, 9.17) is 16.3 Å². The third kappa shape index (κ3) is 3.86. The zero-order valence-corrected chi connectivity index (χ0v) is 15.9. The number of aromatic nitrogens is 3. The molecule has 4 rings (SSSR count). The van der Waals surface area contributed by atoms with Crippen molar-refractivity contribution in [3.05, 3.63) is 77.3 Å². The molecule has 0 aliphatic rings. The summed E-state index contributed by atoms with van der Waals surface area (Å²) in [6.45, 7) is 0. The molecule has 6 nitrogen and oxygen atoms in total. The van der Waals surface area contributed by atoms with Crippen LogP contribution in [0.4, 0.5) is 15.8 Å². The predicted octanol–water partition coefficient (Wildman–Crippen LogP) is 5.01. The van der Waals surface area contributed by atoms with Crippen LogP contribution in [0.15, 0.2) is 60.9 Å². The van der Waals surface area contributed by atoms with Gasteiger partial charge in [0.25, 0.3) is 0 Å². The van der Waals surface area contributed by atoms with E-state index in [0.717, 1.165) is 11.1 Å². The maximum Gasteiger partial charge on any atom is 0.337 e. The number of hydrogen-bond acceptors (Lipinski definition) is 6. The van der Waals surface area contributed by atoms with Crippen LogP contribution in [-0.4, -0.2) is 28.3 Å². The maximum atomic E-state index is 14.2. The molecule has 29 heavy (non-hydrogen) atoms. The average molecular weight is 409 g/mol. The molecule has 0 spiro atoms. The Morgan fingerprint density at radius 2 is 2.00 bits per heavy atom. The maximum absolute atomic E-state index is 14.2. The summed E-state index contributed by atoms with van der Waals surface area (Å²) in [5.41, 5.74) is 3.00. The number of benzene rings is 2. The summed E-state index contributed by atoms with van der Waals surface area (Å²) in [4.78, 5) is 16.0. The molecule has 0 saturated heterocycles. The SMILES string of the molecule is COC(=O)c1ccc2c(Nc3cnnc(-c4cc(Cl)ccc4F)c3)ccnc2c1. The zero-order chi connectivity index (χ0) is 20.4. The first-order chi connectivity index (χ1) is 14.0. The molecule has 0 atom stereocenters.